The molecule has 104 valence electrons. The number of carbonyl (C=O) groups excluding carboxylic acids is 1. The Hall–Kier alpha value is -0.770. The van der Waals surface area contributed by atoms with Crippen molar-refractivity contribution < 1.29 is 4.79 Å². The molecule has 5 heteroatoms. The Bertz CT molecular complexity index is 457. The summed E-state index contributed by atoms with van der Waals surface area (Å²) in [7, 11) is 0. The number of piperidine rings is 1. The summed E-state index contributed by atoms with van der Waals surface area (Å²) in [4.78, 5) is 13.3. The minimum absolute atomic E-state index is 0.192. The lowest BCUT2D eigenvalue weighted by Gasteiger charge is -2.31. The van der Waals surface area contributed by atoms with Crippen LogP contribution in [0.1, 0.15) is 24.8 Å². The average Bonchev–Trinajstić information content (AvgIpc) is 2.36. The number of hydrogen-bond donors (Lipinski definition) is 1. The van der Waals surface area contributed by atoms with E-state index in [4.69, 9.17) is 28.9 Å². The van der Waals surface area contributed by atoms with Crippen LogP contribution in [0.2, 0.25) is 10.0 Å². The third-order valence-electron chi connectivity index (χ3n) is 3.59. The molecule has 1 aliphatic rings. The molecule has 1 amide bonds. The second-order valence-corrected chi connectivity index (χ2v) is 5.95. The van der Waals surface area contributed by atoms with Gasteiger partial charge in [-0.3, -0.25) is 9.69 Å². The number of benzene rings is 1. The van der Waals surface area contributed by atoms with Gasteiger partial charge in [0.1, 0.15) is 0 Å². The molecule has 0 saturated carbocycles. The van der Waals surface area contributed by atoms with E-state index in [9.17, 15) is 4.79 Å². The van der Waals surface area contributed by atoms with Crippen molar-refractivity contribution in [3.05, 3.63) is 33.8 Å². The van der Waals surface area contributed by atoms with Crippen LogP contribution < -0.4 is 5.73 Å². The maximum Gasteiger partial charge on any atom is 0.217 e. The normalized spacial score (nSPS) is 17.6. The Morgan fingerprint density at radius 2 is 1.95 bits per heavy atom. The predicted molar refractivity (Wildman–Crippen MR) is 78.3 cm³/mol. The quantitative estimate of drug-likeness (QED) is 0.929. The molecular weight excluding hydrogens is 283 g/mol. The van der Waals surface area contributed by atoms with Crippen molar-refractivity contribution in [3.63, 3.8) is 0 Å². The molecule has 0 aromatic heterocycles. The topological polar surface area (TPSA) is 46.3 Å². The highest BCUT2D eigenvalue weighted by Gasteiger charge is 2.20. The van der Waals surface area contributed by atoms with Gasteiger partial charge in [-0.25, -0.2) is 0 Å². The highest BCUT2D eigenvalue weighted by atomic mass is 35.5. The average molecular weight is 301 g/mol. The number of amides is 1. The van der Waals surface area contributed by atoms with Crippen LogP contribution in [0.4, 0.5) is 0 Å². The fraction of sp³-hybridized carbons (Fsp3) is 0.500. The molecule has 2 N–H and O–H groups in total. The number of nitrogens with zero attached hydrogens (tertiary/aromatic N) is 1. The van der Waals surface area contributed by atoms with Gasteiger partial charge in [0.15, 0.2) is 0 Å². The first kappa shape index (κ1) is 14.6. The van der Waals surface area contributed by atoms with E-state index >= 15 is 0 Å². The maximum absolute atomic E-state index is 10.9. The molecule has 2 rings (SSSR count). The molecule has 0 radical (unpaired) electrons. The molecule has 0 aliphatic carbocycles. The smallest absolute Gasteiger partial charge is 0.217 e. The first-order valence-corrected chi connectivity index (χ1v) is 7.25. The predicted octanol–water partition coefficient (Wildman–Crippen LogP) is 3.08. The van der Waals surface area contributed by atoms with Gasteiger partial charge >= 0.3 is 0 Å². The van der Waals surface area contributed by atoms with E-state index in [1.807, 2.05) is 18.2 Å². The minimum Gasteiger partial charge on any atom is -0.370 e. The molecule has 1 aromatic rings. The van der Waals surface area contributed by atoms with Crippen molar-refractivity contribution in [2.24, 2.45) is 11.7 Å². The van der Waals surface area contributed by atoms with Gasteiger partial charge < -0.3 is 5.73 Å². The standard InChI is InChI=1S/C14H18Cl2N2O/c15-12-2-1-11(7-13(12)16)9-18-5-3-10(4-6-18)8-14(17)19/h1-2,7,10H,3-6,8-9H2,(H2,17,19). The Morgan fingerprint density at radius 1 is 1.26 bits per heavy atom. The Kier molecular flexibility index (Phi) is 5.08. The number of carbonyl (C=O) groups is 1. The summed E-state index contributed by atoms with van der Waals surface area (Å²) in [6.07, 6.45) is 2.58. The van der Waals surface area contributed by atoms with Crippen molar-refractivity contribution in [2.45, 2.75) is 25.8 Å². The monoisotopic (exact) mass is 300 g/mol. The molecule has 1 aliphatic heterocycles. The van der Waals surface area contributed by atoms with Crippen LogP contribution in [0.5, 0.6) is 0 Å². The SMILES string of the molecule is NC(=O)CC1CCN(Cc2ccc(Cl)c(Cl)c2)CC1. The molecular formula is C14H18Cl2N2O. The summed E-state index contributed by atoms with van der Waals surface area (Å²) in [5.74, 6) is 0.255. The number of primary amides is 1. The molecule has 1 saturated heterocycles. The summed E-state index contributed by atoms with van der Waals surface area (Å²) in [6, 6.07) is 5.75. The van der Waals surface area contributed by atoms with E-state index in [0.717, 1.165) is 32.5 Å². The van der Waals surface area contributed by atoms with Gasteiger partial charge in [-0.1, -0.05) is 29.3 Å². The molecule has 0 unspecified atom stereocenters. The van der Waals surface area contributed by atoms with Crippen molar-refractivity contribution in [2.75, 3.05) is 13.1 Å². The van der Waals surface area contributed by atoms with Gasteiger partial charge in [-0.2, -0.15) is 0 Å². The highest BCUT2D eigenvalue weighted by Crippen LogP contribution is 2.25. The van der Waals surface area contributed by atoms with Crippen LogP contribution in [-0.4, -0.2) is 23.9 Å². The van der Waals surface area contributed by atoms with Crippen LogP contribution in [-0.2, 0) is 11.3 Å². The lowest BCUT2D eigenvalue weighted by Crippen LogP contribution is -2.34. The van der Waals surface area contributed by atoms with Crippen LogP contribution in [0.3, 0.4) is 0 Å². The third-order valence-corrected chi connectivity index (χ3v) is 4.33. The van der Waals surface area contributed by atoms with Gasteiger partial charge in [0.05, 0.1) is 10.0 Å². The van der Waals surface area contributed by atoms with Crippen LogP contribution in [0.15, 0.2) is 18.2 Å². The Labute approximate surface area is 123 Å². The minimum atomic E-state index is -0.192. The largest absolute Gasteiger partial charge is 0.370 e. The number of likely N-dealkylation sites (tertiary alicyclic amines) is 1. The van der Waals surface area contributed by atoms with E-state index in [0.29, 0.717) is 22.4 Å². The molecule has 0 spiro atoms. The molecule has 1 fully saturated rings. The van der Waals surface area contributed by atoms with E-state index in [1.54, 1.807) is 0 Å². The van der Waals surface area contributed by atoms with E-state index in [-0.39, 0.29) is 5.91 Å². The summed E-state index contributed by atoms with van der Waals surface area (Å²) in [5, 5.41) is 1.19. The van der Waals surface area contributed by atoms with E-state index in [2.05, 4.69) is 4.90 Å². The molecule has 1 aromatic carbocycles. The molecule has 3 nitrogen and oxygen atoms in total. The zero-order valence-electron chi connectivity index (χ0n) is 10.7. The summed E-state index contributed by atoms with van der Waals surface area (Å²) >= 11 is 11.9. The lowest BCUT2D eigenvalue weighted by molar-refractivity contribution is -0.119. The molecule has 0 atom stereocenters. The zero-order valence-corrected chi connectivity index (χ0v) is 12.3. The highest BCUT2D eigenvalue weighted by molar-refractivity contribution is 6.42. The van der Waals surface area contributed by atoms with Crippen LogP contribution in [0.25, 0.3) is 0 Å². The van der Waals surface area contributed by atoms with Crippen LogP contribution in [0, 0.1) is 5.92 Å². The van der Waals surface area contributed by atoms with E-state index < -0.39 is 0 Å². The summed E-state index contributed by atoms with van der Waals surface area (Å²) in [6.45, 7) is 2.87. The van der Waals surface area contributed by atoms with Gasteiger partial charge in [0.25, 0.3) is 0 Å². The second-order valence-electron chi connectivity index (χ2n) is 5.14. The number of nitrogens with two attached hydrogens (primary N) is 1. The number of hydrogen-bond acceptors (Lipinski definition) is 2. The number of rotatable bonds is 4. The zero-order chi connectivity index (χ0) is 13.8. The van der Waals surface area contributed by atoms with Gasteiger partial charge in [0, 0.05) is 13.0 Å². The molecule has 0 bridgehead atoms. The summed E-state index contributed by atoms with van der Waals surface area (Å²) in [5.41, 5.74) is 6.40. The maximum atomic E-state index is 10.9. The first-order chi connectivity index (χ1) is 9.04. The van der Waals surface area contributed by atoms with Gasteiger partial charge in [0.2, 0.25) is 5.91 Å². The van der Waals surface area contributed by atoms with Crippen molar-refractivity contribution in [1.82, 2.24) is 4.90 Å². The van der Waals surface area contributed by atoms with Gasteiger partial charge in [-0.05, 0) is 49.5 Å². The first-order valence-electron chi connectivity index (χ1n) is 6.49. The molecule has 1 heterocycles. The third kappa shape index (κ3) is 4.37. The van der Waals surface area contributed by atoms with Crippen molar-refractivity contribution >= 4 is 29.1 Å². The van der Waals surface area contributed by atoms with Gasteiger partial charge in [-0.15, -0.1) is 0 Å². The van der Waals surface area contributed by atoms with E-state index in [1.165, 1.54) is 5.56 Å². The summed E-state index contributed by atoms with van der Waals surface area (Å²) < 4.78 is 0. The fourth-order valence-electron chi connectivity index (χ4n) is 2.53. The van der Waals surface area contributed by atoms with Crippen molar-refractivity contribution in [1.29, 1.82) is 0 Å². The lowest BCUT2D eigenvalue weighted by atomic mass is 9.93. The van der Waals surface area contributed by atoms with Crippen molar-refractivity contribution in [3.8, 4) is 0 Å². The molecule has 19 heavy (non-hydrogen) atoms. The fourth-order valence-corrected chi connectivity index (χ4v) is 2.85. The van der Waals surface area contributed by atoms with Crippen LogP contribution >= 0.6 is 23.2 Å². The second kappa shape index (κ2) is 6.60. The number of halogens is 2. The Morgan fingerprint density at radius 3 is 2.53 bits per heavy atom. The Balaban J connectivity index is 1.85.